The predicted octanol–water partition coefficient (Wildman–Crippen LogP) is 3.05. The van der Waals surface area contributed by atoms with Crippen molar-refractivity contribution in [1.82, 2.24) is 4.98 Å². The van der Waals surface area contributed by atoms with E-state index < -0.39 is 0 Å². The van der Waals surface area contributed by atoms with Crippen LogP contribution in [-0.2, 0) is 0 Å². The zero-order chi connectivity index (χ0) is 11.7. The van der Waals surface area contributed by atoms with E-state index in [0.717, 1.165) is 22.8 Å². The monoisotopic (exact) mass is 283 g/mol. The van der Waals surface area contributed by atoms with Gasteiger partial charge in [0.25, 0.3) is 0 Å². The summed E-state index contributed by atoms with van der Waals surface area (Å²) in [5, 5.41) is 0. The first-order valence-corrected chi connectivity index (χ1v) is 6.56. The molecule has 1 aliphatic rings. The van der Waals surface area contributed by atoms with Crippen LogP contribution in [0.5, 0.6) is 0 Å². The standard InChI is InChI=1S/C12H18BrN3/c1-8-4-3-5-16(9(8)2)12-11(13)6-10(14)7-15-12/h6-9H,3-5,14H2,1-2H3. The molecule has 2 atom stereocenters. The van der Waals surface area contributed by atoms with Crippen LogP contribution in [0.2, 0.25) is 0 Å². The predicted molar refractivity (Wildman–Crippen MR) is 71.6 cm³/mol. The largest absolute Gasteiger partial charge is 0.397 e. The lowest BCUT2D eigenvalue weighted by Crippen LogP contribution is -2.43. The molecule has 1 aromatic heterocycles. The zero-order valence-electron chi connectivity index (χ0n) is 9.78. The lowest BCUT2D eigenvalue weighted by Gasteiger charge is -2.39. The lowest BCUT2D eigenvalue weighted by molar-refractivity contribution is 0.361. The molecular weight excluding hydrogens is 266 g/mol. The molecule has 4 heteroatoms. The van der Waals surface area contributed by atoms with Crippen molar-refractivity contribution in [1.29, 1.82) is 0 Å². The fourth-order valence-corrected chi connectivity index (χ4v) is 2.89. The average Bonchev–Trinajstić information content (AvgIpc) is 2.23. The van der Waals surface area contributed by atoms with Crippen molar-refractivity contribution in [2.24, 2.45) is 5.92 Å². The normalized spacial score (nSPS) is 25.8. The van der Waals surface area contributed by atoms with Gasteiger partial charge in [0.15, 0.2) is 0 Å². The van der Waals surface area contributed by atoms with E-state index >= 15 is 0 Å². The van der Waals surface area contributed by atoms with Gasteiger partial charge in [0.2, 0.25) is 0 Å². The fourth-order valence-electron chi connectivity index (χ4n) is 2.29. The first-order valence-electron chi connectivity index (χ1n) is 5.77. The highest BCUT2D eigenvalue weighted by atomic mass is 79.9. The van der Waals surface area contributed by atoms with Crippen LogP contribution in [0.25, 0.3) is 0 Å². The highest BCUT2D eigenvalue weighted by Gasteiger charge is 2.26. The number of rotatable bonds is 1. The summed E-state index contributed by atoms with van der Waals surface area (Å²) in [6, 6.07) is 2.47. The van der Waals surface area contributed by atoms with Gasteiger partial charge in [0.1, 0.15) is 5.82 Å². The Kier molecular flexibility index (Phi) is 3.38. The van der Waals surface area contributed by atoms with Gasteiger partial charge >= 0.3 is 0 Å². The van der Waals surface area contributed by atoms with E-state index in [1.807, 2.05) is 6.07 Å². The van der Waals surface area contributed by atoms with E-state index in [1.165, 1.54) is 12.8 Å². The number of hydrogen-bond donors (Lipinski definition) is 1. The molecule has 1 saturated heterocycles. The van der Waals surface area contributed by atoms with E-state index in [9.17, 15) is 0 Å². The highest BCUT2D eigenvalue weighted by molar-refractivity contribution is 9.10. The molecule has 1 fully saturated rings. The summed E-state index contributed by atoms with van der Waals surface area (Å²) in [6.45, 7) is 5.66. The number of pyridine rings is 1. The Morgan fingerprint density at radius 2 is 2.25 bits per heavy atom. The number of nitrogens with two attached hydrogens (primary N) is 1. The number of anilines is 2. The summed E-state index contributed by atoms with van der Waals surface area (Å²) in [7, 11) is 0. The van der Waals surface area contributed by atoms with Gasteiger partial charge in [0.05, 0.1) is 16.4 Å². The number of aromatic nitrogens is 1. The van der Waals surface area contributed by atoms with Crippen LogP contribution in [0.1, 0.15) is 26.7 Å². The Hall–Kier alpha value is -0.770. The molecule has 2 unspecified atom stereocenters. The topological polar surface area (TPSA) is 42.2 Å². The molecule has 2 N–H and O–H groups in total. The highest BCUT2D eigenvalue weighted by Crippen LogP contribution is 2.32. The molecule has 0 saturated carbocycles. The molecule has 0 aromatic carbocycles. The van der Waals surface area contributed by atoms with Crippen molar-refractivity contribution in [3.8, 4) is 0 Å². The first kappa shape index (κ1) is 11.7. The van der Waals surface area contributed by atoms with Crippen molar-refractivity contribution in [3.63, 3.8) is 0 Å². The van der Waals surface area contributed by atoms with Gasteiger partial charge in [-0.1, -0.05) is 6.92 Å². The smallest absolute Gasteiger partial charge is 0.143 e. The van der Waals surface area contributed by atoms with Crippen LogP contribution in [0, 0.1) is 5.92 Å². The van der Waals surface area contributed by atoms with Crippen LogP contribution < -0.4 is 10.6 Å². The quantitative estimate of drug-likeness (QED) is 0.861. The Balaban J connectivity index is 2.29. The minimum atomic E-state index is 0.543. The lowest BCUT2D eigenvalue weighted by atomic mass is 9.92. The second-order valence-electron chi connectivity index (χ2n) is 4.63. The molecule has 0 amide bonds. The van der Waals surface area contributed by atoms with Crippen molar-refractivity contribution in [2.75, 3.05) is 17.2 Å². The number of nitrogens with zero attached hydrogens (tertiary/aromatic N) is 2. The Morgan fingerprint density at radius 3 is 2.94 bits per heavy atom. The Bertz CT molecular complexity index is 381. The Morgan fingerprint density at radius 1 is 1.50 bits per heavy atom. The SMILES string of the molecule is CC1CCCN(c2ncc(N)cc2Br)C1C. The van der Waals surface area contributed by atoms with Gasteiger partial charge in [0, 0.05) is 12.6 Å². The molecule has 0 aliphatic carbocycles. The molecule has 2 heterocycles. The molecular formula is C12H18BrN3. The zero-order valence-corrected chi connectivity index (χ0v) is 11.4. The third kappa shape index (κ3) is 2.17. The van der Waals surface area contributed by atoms with Gasteiger partial charge in [-0.3, -0.25) is 0 Å². The maximum Gasteiger partial charge on any atom is 0.143 e. The van der Waals surface area contributed by atoms with Gasteiger partial charge < -0.3 is 10.6 Å². The maximum atomic E-state index is 5.71. The molecule has 88 valence electrons. The summed E-state index contributed by atoms with van der Waals surface area (Å²) in [5.41, 5.74) is 6.41. The number of hydrogen-bond acceptors (Lipinski definition) is 3. The molecule has 3 nitrogen and oxygen atoms in total. The van der Waals surface area contributed by atoms with E-state index in [4.69, 9.17) is 5.73 Å². The van der Waals surface area contributed by atoms with Gasteiger partial charge in [-0.15, -0.1) is 0 Å². The van der Waals surface area contributed by atoms with Crippen molar-refractivity contribution in [3.05, 3.63) is 16.7 Å². The molecule has 1 aliphatic heterocycles. The molecule has 1 aromatic rings. The van der Waals surface area contributed by atoms with Crippen LogP contribution >= 0.6 is 15.9 Å². The minimum Gasteiger partial charge on any atom is -0.397 e. The van der Waals surface area contributed by atoms with E-state index in [-0.39, 0.29) is 0 Å². The second kappa shape index (κ2) is 4.62. The van der Waals surface area contributed by atoms with Gasteiger partial charge in [-0.2, -0.15) is 0 Å². The maximum absolute atomic E-state index is 5.71. The van der Waals surface area contributed by atoms with Crippen molar-refractivity contribution >= 4 is 27.4 Å². The van der Waals surface area contributed by atoms with Crippen LogP contribution in [-0.4, -0.2) is 17.6 Å². The molecule has 0 spiro atoms. The third-order valence-corrected chi connectivity index (χ3v) is 4.07. The van der Waals surface area contributed by atoms with Crippen LogP contribution in [0.15, 0.2) is 16.7 Å². The van der Waals surface area contributed by atoms with Crippen LogP contribution in [0.3, 0.4) is 0 Å². The summed E-state index contributed by atoms with van der Waals surface area (Å²) in [6.07, 6.45) is 4.28. The molecule has 16 heavy (non-hydrogen) atoms. The third-order valence-electron chi connectivity index (χ3n) is 3.49. The fraction of sp³-hybridized carbons (Fsp3) is 0.583. The van der Waals surface area contributed by atoms with Crippen molar-refractivity contribution < 1.29 is 0 Å². The summed E-state index contributed by atoms with van der Waals surface area (Å²) >= 11 is 3.55. The van der Waals surface area contributed by atoms with Gasteiger partial charge in [-0.25, -0.2) is 4.98 Å². The summed E-state index contributed by atoms with van der Waals surface area (Å²) in [5.74, 6) is 1.74. The number of halogens is 1. The average molecular weight is 284 g/mol. The second-order valence-corrected chi connectivity index (χ2v) is 5.48. The van der Waals surface area contributed by atoms with E-state index in [0.29, 0.717) is 11.7 Å². The van der Waals surface area contributed by atoms with Gasteiger partial charge in [-0.05, 0) is 47.7 Å². The Labute approximate surface area is 105 Å². The van der Waals surface area contributed by atoms with Crippen molar-refractivity contribution in [2.45, 2.75) is 32.7 Å². The van der Waals surface area contributed by atoms with E-state index in [2.05, 4.69) is 39.7 Å². The number of nitrogen functional groups attached to an aromatic ring is 1. The van der Waals surface area contributed by atoms with Crippen LogP contribution in [0.4, 0.5) is 11.5 Å². The molecule has 2 rings (SSSR count). The summed E-state index contributed by atoms with van der Waals surface area (Å²) < 4.78 is 0.994. The summed E-state index contributed by atoms with van der Waals surface area (Å²) in [4.78, 5) is 6.81. The molecule has 0 bridgehead atoms. The first-order chi connectivity index (χ1) is 7.59. The number of piperidine rings is 1. The molecule has 0 radical (unpaired) electrons. The minimum absolute atomic E-state index is 0.543. The van der Waals surface area contributed by atoms with E-state index in [1.54, 1.807) is 6.20 Å².